The number of β-amino-alcohol motifs (C(OH)–C–C–N with tert-alkyl or cyclic N) is 1. The zero-order chi connectivity index (χ0) is 14.7. The molecule has 108 valence electrons. The minimum atomic E-state index is -0.558. The Morgan fingerprint density at radius 3 is 2.70 bits per heavy atom. The lowest BCUT2D eigenvalue weighted by atomic mass is 10.1. The summed E-state index contributed by atoms with van der Waals surface area (Å²) in [6.07, 6.45) is -0.211. The second kappa shape index (κ2) is 5.98. The molecule has 1 aromatic rings. The maximum atomic E-state index is 11.6. The molecule has 1 aliphatic rings. The van der Waals surface area contributed by atoms with Crippen molar-refractivity contribution in [3.63, 3.8) is 0 Å². The highest BCUT2D eigenvalue weighted by Crippen LogP contribution is 2.22. The number of non-ortho nitro benzene ring substituents is 1. The van der Waals surface area contributed by atoms with E-state index in [4.69, 9.17) is 4.74 Å². The number of nitro groups is 1. The first kappa shape index (κ1) is 14.4. The van der Waals surface area contributed by atoms with E-state index in [-0.39, 0.29) is 11.7 Å². The first-order valence-corrected chi connectivity index (χ1v) is 6.24. The summed E-state index contributed by atoms with van der Waals surface area (Å²) >= 11 is 0. The van der Waals surface area contributed by atoms with Crippen LogP contribution in [0.1, 0.15) is 12.0 Å². The van der Waals surface area contributed by atoms with Gasteiger partial charge in [0.25, 0.3) is 5.69 Å². The average molecular weight is 280 g/mol. The summed E-state index contributed by atoms with van der Waals surface area (Å²) in [5, 5.41) is 20.3. The normalized spacial score (nSPS) is 22.7. The fourth-order valence-corrected chi connectivity index (χ4v) is 2.39. The lowest BCUT2D eigenvalue weighted by Gasteiger charge is -2.21. The molecule has 1 saturated heterocycles. The molecule has 2 rings (SSSR count). The first-order chi connectivity index (χ1) is 9.51. The van der Waals surface area contributed by atoms with Gasteiger partial charge < -0.3 is 9.84 Å². The van der Waals surface area contributed by atoms with Gasteiger partial charge in [0, 0.05) is 31.6 Å². The standard InChI is InChI=1S/C13H16N2O5/c1-20-13(17)12-6-11(16)8-14(12)7-9-2-4-10(5-3-9)15(18)19/h2-5,11-12,16H,6-8H2,1H3. The number of rotatable bonds is 4. The molecule has 1 heterocycles. The molecule has 0 bridgehead atoms. The van der Waals surface area contributed by atoms with E-state index in [2.05, 4.69) is 0 Å². The van der Waals surface area contributed by atoms with Crippen molar-refractivity contribution in [2.45, 2.75) is 25.1 Å². The van der Waals surface area contributed by atoms with E-state index < -0.39 is 17.1 Å². The van der Waals surface area contributed by atoms with Crippen molar-refractivity contribution < 1.29 is 19.6 Å². The number of hydrogen-bond acceptors (Lipinski definition) is 6. The number of hydrogen-bond donors (Lipinski definition) is 1. The maximum Gasteiger partial charge on any atom is 0.323 e. The zero-order valence-electron chi connectivity index (χ0n) is 11.1. The van der Waals surface area contributed by atoms with E-state index in [0.29, 0.717) is 19.5 Å². The summed E-state index contributed by atoms with van der Waals surface area (Å²) in [5.41, 5.74) is 0.873. The average Bonchev–Trinajstić information content (AvgIpc) is 2.79. The van der Waals surface area contributed by atoms with Gasteiger partial charge in [0.2, 0.25) is 0 Å². The fraction of sp³-hybridized carbons (Fsp3) is 0.462. The Bertz CT molecular complexity index is 502. The van der Waals surface area contributed by atoms with Crippen molar-refractivity contribution in [1.29, 1.82) is 0 Å². The number of benzene rings is 1. The van der Waals surface area contributed by atoms with Crippen LogP contribution in [0.25, 0.3) is 0 Å². The summed E-state index contributed by atoms with van der Waals surface area (Å²) in [4.78, 5) is 23.6. The Morgan fingerprint density at radius 1 is 1.50 bits per heavy atom. The molecule has 0 aliphatic carbocycles. The molecule has 20 heavy (non-hydrogen) atoms. The fourth-order valence-electron chi connectivity index (χ4n) is 2.39. The molecule has 2 unspecified atom stereocenters. The number of esters is 1. The lowest BCUT2D eigenvalue weighted by molar-refractivity contribution is -0.384. The predicted molar refractivity (Wildman–Crippen MR) is 69.9 cm³/mol. The van der Waals surface area contributed by atoms with Crippen LogP contribution in [-0.2, 0) is 16.1 Å². The van der Waals surface area contributed by atoms with Crippen molar-refractivity contribution in [3.8, 4) is 0 Å². The van der Waals surface area contributed by atoms with E-state index in [1.807, 2.05) is 4.90 Å². The monoisotopic (exact) mass is 280 g/mol. The Hall–Kier alpha value is -1.99. The maximum absolute atomic E-state index is 11.6. The van der Waals surface area contributed by atoms with Crippen LogP contribution in [-0.4, -0.2) is 46.7 Å². The van der Waals surface area contributed by atoms with Gasteiger partial charge in [-0.3, -0.25) is 19.8 Å². The van der Waals surface area contributed by atoms with Crippen molar-refractivity contribution in [1.82, 2.24) is 4.90 Å². The third-order valence-corrected chi connectivity index (χ3v) is 3.39. The molecule has 0 saturated carbocycles. The van der Waals surface area contributed by atoms with Gasteiger partial charge in [0.1, 0.15) is 6.04 Å². The molecule has 0 radical (unpaired) electrons. The van der Waals surface area contributed by atoms with Gasteiger partial charge in [0.05, 0.1) is 18.1 Å². The topological polar surface area (TPSA) is 92.9 Å². The van der Waals surface area contributed by atoms with Crippen LogP contribution in [0.2, 0.25) is 0 Å². The van der Waals surface area contributed by atoms with E-state index in [1.54, 1.807) is 12.1 Å². The molecule has 7 nitrogen and oxygen atoms in total. The van der Waals surface area contributed by atoms with Crippen LogP contribution >= 0.6 is 0 Å². The summed E-state index contributed by atoms with van der Waals surface area (Å²) in [6, 6.07) is 5.68. The van der Waals surface area contributed by atoms with Crippen LogP contribution < -0.4 is 0 Å². The predicted octanol–water partition coefficient (Wildman–Crippen LogP) is 0.703. The molecule has 1 fully saturated rings. The minimum absolute atomic E-state index is 0.0275. The summed E-state index contributed by atoms with van der Waals surface area (Å²) in [6.45, 7) is 0.825. The SMILES string of the molecule is COC(=O)C1CC(O)CN1Cc1ccc([N+](=O)[O-])cc1. The van der Waals surface area contributed by atoms with Gasteiger partial charge in [-0.05, 0) is 5.56 Å². The van der Waals surface area contributed by atoms with Gasteiger partial charge in [0.15, 0.2) is 0 Å². The highest BCUT2D eigenvalue weighted by molar-refractivity contribution is 5.76. The summed E-state index contributed by atoms with van der Waals surface area (Å²) in [7, 11) is 1.32. The molecule has 1 aromatic carbocycles. The van der Waals surface area contributed by atoms with Crippen LogP contribution in [0.5, 0.6) is 0 Å². The molecule has 7 heteroatoms. The van der Waals surface area contributed by atoms with Crippen LogP contribution in [0.3, 0.4) is 0 Å². The smallest absolute Gasteiger partial charge is 0.323 e. The highest BCUT2D eigenvalue weighted by Gasteiger charge is 2.36. The van der Waals surface area contributed by atoms with Gasteiger partial charge in [-0.1, -0.05) is 12.1 Å². The quantitative estimate of drug-likeness (QED) is 0.496. The van der Waals surface area contributed by atoms with Crippen LogP contribution in [0.15, 0.2) is 24.3 Å². The van der Waals surface area contributed by atoms with E-state index in [9.17, 15) is 20.0 Å². The number of aliphatic hydroxyl groups is 1. The van der Waals surface area contributed by atoms with E-state index >= 15 is 0 Å². The number of carbonyl (C=O) groups is 1. The van der Waals surface area contributed by atoms with Crippen LogP contribution in [0.4, 0.5) is 5.69 Å². The van der Waals surface area contributed by atoms with E-state index in [0.717, 1.165) is 5.56 Å². The van der Waals surface area contributed by atoms with Crippen molar-refractivity contribution in [2.75, 3.05) is 13.7 Å². The van der Waals surface area contributed by atoms with Crippen molar-refractivity contribution in [2.24, 2.45) is 0 Å². The molecule has 0 spiro atoms. The molecular weight excluding hydrogens is 264 g/mol. The van der Waals surface area contributed by atoms with Crippen LogP contribution in [0, 0.1) is 10.1 Å². The molecule has 1 aliphatic heterocycles. The highest BCUT2D eigenvalue weighted by atomic mass is 16.6. The lowest BCUT2D eigenvalue weighted by Crippen LogP contribution is -2.36. The Labute approximate surface area is 115 Å². The first-order valence-electron chi connectivity index (χ1n) is 6.24. The number of methoxy groups -OCH3 is 1. The third kappa shape index (κ3) is 3.12. The largest absolute Gasteiger partial charge is 0.468 e. The minimum Gasteiger partial charge on any atom is -0.468 e. The molecule has 1 N–H and O–H groups in total. The summed E-state index contributed by atoms with van der Waals surface area (Å²) < 4.78 is 4.72. The number of aliphatic hydroxyl groups excluding tert-OH is 1. The molecule has 0 aromatic heterocycles. The van der Waals surface area contributed by atoms with Gasteiger partial charge in [-0.2, -0.15) is 0 Å². The van der Waals surface area contributed by atoms with E-state index in [1.165, 1.54) is 19.2 Å². The number of nitro benzene ring substituents is 1. The van der Waals surface area contributed by atoms with Gasteiger partial charge in [-0.15, -0.1) is 0 Å². The van der Waals surface area contributed by atoms with Gasteiger partial charge >= 0.3 is 5.97 Å². The van der Waals surface area contributed by atoms with Crippen molar-refractivity contribution in [3.05, 3.63) is 39.9 Å². The van der Waals surface area contributed by atoms with Gasteiger partial charge in [-0.25, -0.2) is 0 Å². The Balaban J connectivity index is 2.07. The number of carbonyl (C=O) groups excluding carboxylic acids is 1. The number of nitrogens with zero attached hydrogens (tertiary/aromatic N) is 2. The molecule has 2 atom stereocenters. The Kier molecular flexibility index (Phi) is 4.31. The second-order valence-electron chi connectivity index (χ2n) is 4.78. The number of likely N-dealkylation sites (tertiary alicyclic amines) is 1. The number of ether oxygens (including phenoxy) is 1. The molecular formula is C13H16N2O5. The molecule has 0 amide bonds. The summed E-state index contributed by atoms with van der Waals surface area (Å²) in [5.74, 6) is -0.372. The van der Waals surface area contributed by atoms with Crippen molar-refractivity contribution >= 4 is 11.7 Å². The third-order valence-electron chi connectivity index (χ3n) is 3.39. The Morgan fingerprint density at radius 2 is 2.15 bits per heavy atom. The zero-order valence-corrected chi connectivity index (χ0v) is 11.1. The second-order valence-corrected chi connectivity index (χ2v) is 4.78.